The van der Waals surface area contributed by atoms with Crippen LogP contribution in [0.5, 0.6) is 5.75 Å². The molecule has 1 aromatic carbocycles. The summed E-state index contributed by atoms with van der Waals surface area (Å²) in [5.74, 6) is 0.354. The van der Waals surface area contributed by atoms with E-state index in [1.165, 1.54) is 5.56 Å². The van der Waals surface area contributed by atoms with Gasteiger partial charge in [-0.1, -0.05) is 18.2 Å². The molecule has 0 saturated carbocycles. The van der Waals surface area contributed by atoms with E-state index in [0.29, 0.717) is 5.75 Å². The van der Waals surface area contributed by atoms with E-state index in [4.69, 9.17) is 0 Å². The standard InChI is InChI=1S/C13H15NOS/c1-10(12-4-2-3-5-13(12)15)14-8-11-6-7-16-9-11/h2-7,9-10,14-15H,8H2,1H3. The van der Waals surface area contributed by atoms with Crippen LogP contribution in [0.2, 0.25) is 0 Å². The molecule has 0 fully saturated rings. The molecule has 1 unspecified atom stereocenters. The van der Waals surface area contributed by atoms with Gasteiger partial charge in [-0.2, -0.15) is 11.3 Å². The molecule has 2 nitrogen and oxygen atoms in total. The Kier molecular flexibility index (Phi) is 3.59. The molecule has 0 radical (unpaired) electrons. The Hall–Kier alpha value is -1.32. The summed E-state index contributed by atoms with van der Waals surface area (Å²) < 4.78 is 0. The molecule has 3 heteroatoms. The second kappa shape index (κ2) is 5.14. The zero-order valence-electron chi connectivity index (χ0n) is 9.18. The first kappa shape index (κ1) is 11.2. The number of benzene rings is 1. The molecule has 84 valence electrons. The van der Waals surface area contributed by atoms with Crippen molar-refractivity contribution < 1.29 is 5.11 Å². The van der Waals surface area contributed by atoms with Crippen molar-refractivity contribution in [1.29, 1.82) is 0 Å². The van der Waals surface area contributed by atoms with Gasteiger partial charge in [-0.05, 0) is 35.4 Å². The summed E-state index contributed by atoms with van der Waals surface area (Å²) in [7, 11) is 0. The van der Waals surface area contributed by atoms with Gasteiger partial charge in [0.25, 0.3) is 0 Å². The van der Waals surface area contributed by atoms with Gasteiger partial charge in [-0.15, -0.1) is 0 Å². The van der Waals surface area contributed by atoms with Crippen molar-refractivity contribution in [2.24, 2.45) is 0 Å². The van der Waals surface area contributed by atoms with Gasteiger partial charge < -0.3 is 10.4 Å². The van der Waals surface area contributed by atoms with E-state index in [1.54, 1.807) is 17.4 Å². The Bertz CT molecular complexity index is 439. The molecule has 0 aliphatic carbocycles. The summed E-state index contributed by atoms with van der Waals surface area (Å²) in [5, 5.41) is 17.3. The van der Waals surface area contributed by atoms with Crippen LogP contribution < -0.4 is 5.32 Å². The lowest BCUT2D eigenvalue weighted by Gasteiger charge is -2.14. The summed E-state index contributed by atoms with van der Waals surface area (Å²) in [6.45, 7) is 2.89. The molecule has 0 spiro atoms. The topological polar surface area (TPSA) is 32.3 Å². The molecule has 2 rings (SSSR count). The van der Waals surface area contributed by atoms with Gasteiger partial charge in [-0.25, -0.2) is 0 Å². The molecule has 0 bridgehead atoms. The molecule has 1 atom stereocenters. The number of phenols is 1. The molecule has 0 aliphatic heterocycles. The minimum atomic E-state index is 0.154. The van der Waals surface area contributed by atoms with E-state index in [9.17, 15) is 5.11 Å². The molecule has 1 heterocycles. The minimum absolute atomic E-state index is 0.154. The first-order valence-corrected chi connectivity index (χ1v) is 6.24. The van der Waals surface area contributed by atoms with Gasteiger partial charge in [0.1, 0.15) is 5.75 Å². The lowest BCUT2D eigenvalue weighted by atomic mass is 10.1. The molecule has 0 saturated heterocycles. The van der Waals surface area contributed by atoms with Gasteiger partial charge in [0.2, 0.25) is 0 Å². The first-order valence-electron chi connectivity index (χ1n) is 5.29. The molecule has 0 amide bonds. The highest BCUT2D eigenvalue weighted by Gasteiger charge is 2.08. The zero-order valence-corrected chi connectivity index (χ0v) is 10.00. The van der Waals surface area contributed by atoms with Crippen LogP contribution in [0.25, 0.3) is 0 Å². The van der Waals surface area contributed by atoms with Crippen LogP contribution in [-0.2, 0) is 6.54 Å². The van der Waals surface area contributed by atoms with Gasteiger partial charge in [0, 0.05) is 18.2 Å². The number of nitrogens with one attached hydrogen (secondary N) is 1. The maximum atomic E-state index is 9.70. The van der Waals surface area contributed by atoms with E-state index < -0.39 is 0 Å². The van der Waals surface area contributed by atoms with E-state index in [2.05, 4.69) is 29.1 Å². The molecular formula is C13H15NOS. The van der Waals surface area contributed by atoms with Crippen LogP contribution in [0.4, 0.5) is 0 Å². The summed E-state index contributed by atoms with van der Waals surface area (Å²) in [6, 6.07) is 9.71. The number of aromatic hydroxyl groups is 1. The largest absolute Gasteiger partial charge is 0.508 e. The number of phenolic OH excluding ortho intramolecular Hbond substituents is 1. The Morgan fingerprint density at radius 1 is 1.31 bits per heavy atom. The number of rotatable bonds is 4. The predicted molar refractivity (Wildman–Crippen MR) is 67.7 cm³/mol. The molecule has 2 aromatic rings. The third kappa shape index (κ3) is 2.62. The van der Waals surface area contributed by atoms with Crippen molar-refractivity contribution in [1.82, 2.24) is 5.32 Å². The summed E-state index contributed by atoms with van der Waals surface area (Å²) in [4.78, 5) is 0. The molecule has 16 heavy (non-hydrogen) atoms. The van der Waals surface area contributed by atoms with E-state index in [-0.39, 0.29) is 6.04 Å². The highest BCUT2D eigenvalue weighted by atomic mass is 32.1. The fourth-order valence-corrected chi connectivity index (χ4v) is 2.30. The van der Waals surface area contributed by atoms with Crippen molar-refractivity contribution in [3.8, 4) is 5.75 Å². The summed E-state index contributed by atoms with van der Waals surface area (Å²) >= 11 is 1.70. The second-order valence-corrected chi connectivity index (χ2v) is 4.57. The molecule has 1 aromatic heterocycles. The minimum Gasteiger partial charge on any atom is -0.508 e. The van der Waals surface area contributed by atoms with Crippen molar-refractivity contribution in [3.05, 3.63) is 52.2 Å². The summed E-state index contributed by atoms with van der Waals surface area (Å²) in [6.07, 6.45) is 0. The molecule has 0 aliphatic rings. The third-order valence-electron chi connectivity index (χ3n) is 2.60. The highest BCUT2D eigenvalue weighted by Crippen LogP contribution is 2.23. The predicted octanol–water partition coefficient (Wildman–Crippen LogP) is 3.30. The van der Waals surface area contributed by atoms with Crippen LogP contribution in [0.3, 0.4) is 0 Å². The van der Waals surface area contributed by atoms with Crippen LogP contribution in [0.1, 0.15) is 24.1 Å². The van der Waals surface area contributed by atoms with Crippen LogP contribution >= 0.6 is 11.3 Å². The number of para-hydroxylation sites is 1. The van der Waals surface area contributed by atoms with Crippen molar-refractivity contribution in [2.75, 3.05) is 0 Å². The number of hydrogen-bond donors (Lipinski definition) is 2. The van der Waals surface area contributed by atoms with Gasteiger partial charge >= 0.3 is 0 Å². The fourth-order valence-electron chi connectivity index (χ4n) is 1.63. The van der Waals surface area contributed by atoms with Crippen molar-refractivity contribution >= 4 is 11.3 Å². The quantitative estimate of drug-likeness (QED) is 0.849. The third-order valence-corrected chi connectivity index (χ3v) is 3.33. The number of thiophene rings is 1. The van der Waals surface area contributed by atoms with E-state index in [1.807, 2.05) is 18.2 Å². The lowest BCUT2D eigenvalue weighted by Crippen LogP contribution is -2.17. The Balaban J connectivity index is 1.98. The lowest BCUT2D eigenvalue weighted by molar-refractivity contribution is 0.452. The maximum Gasteiger partial charge on any atom is 0.120 e. The normalized spacial score (nSPS) is 12.6. The Morgan fingerprint density at radius 3 is 2.81 bits per heavy atom. The number of hydrogen-bond acceptors (Lipinski definition) is 3. The van der Waals surface area contributed by atoms with E-state index >= 15 is 0 Å². The van der Waals surface area contributed by atoms with Gasteiger partial charge in [0.05, 0.1) is 0 Å². The Labute approximate surface area is 99.6 Å². The highest BCUT2D eigenvalue weighted by molar-refractivity contribution is 7.07. The van der Waals surface area contributed by atoms with E-state index in [0.717, 1.165) is 12.1 Å². The average Bonchev–Trinajstić information content (AvgIpc) is 2.79. The zero-order chi connectivity index (χ0) is 11.4. The van der Waals surface area contributed by atoms with Crippen molar-refractivity contribution in [2.45, 2.75) is 19.5 Å². The van der Waals surface area contributed by atoms with Gasteiger partial charge in [-0.3, -0.25) is 0 Å². The maximum absolute atomic E-state index is 9.70. The second-order valence-electron chi connectivity index (χ2n) is 3.79. The smallest absolute Gasteiger partial charge is 0.120 e. The fraction of sp³-hybridized carbons (Fsp3) is 0.231. The average molecular weight is 233 g/mol. The summed E-state index contributed by atoms with van der Waals surface area (Å²) in [5.41, 5.74) is 2.23. The molecular weight excluding hydrogens is 218 g/mol. The van der Waals surface area contributed by atoms with Crippen LogP contribution in [0, 0.1) is 0 Å². The first-order chi connectivity index (χ1) is 7.77. The van der Waals surface area contributed by atoms with Gasteiger partial charge in [0.15, 0.2) is 0 Å². The van der Waals surface area contributed by atoms with Crippen LogP contribution in [0.15, 0.2) is 41.1 Å². The monoisotopic (exact) mass is 233 g/mol. The molecule has 2 N–H and O–H groups in total. The SMILES string of the molecule is CC(NCc1ccsc1)c1ccccc1O. The van der Waals surface area contributed by atoms with Crippen LogP contribution in [-0.4, -0.2) is 5.11 Å². The van der Waals surface area contributed by atoms with Crippen molar-refractivity contribution in [3.63, 3.8) is 0 Å². The Morgan fingerprint density at radius 2 is 2.12 bits per heavy atom.